The molecule has 0 aliphatic rings. The van der Waals surface area contributed by atoms with Crippen LogP contribution >= 0.6 is 23.2 Å². The lowest BCUT2D eigenvalue weighted by atomic mass is 10.3. The van der Waals surface area contributed by atoms with Crippen molar-refractivity contribution in [1.29, 1.82) is 0 Å². The van der Waals surface area contributed by atoms with Crippen LogP contribution in [-0.2, 0) is 20.8 Å². The van der Waals surface area contributed by atoms with Gasteiger partial charge in [0.25, 0.3) is 0 Å². The highest BCUT2D eigenvalue weighted by molar-refractivity contribution is 7.80. The first-order valence-electron chi connectivity index (χ1n) is 3.80. The van der Waals surface area contributed by atoms with Crippen molar-refractivity contribution in [2.24, 2.45) is 0 Å². The second-order valence-electron chi connectivity index (χ2n) is 2.56. The zero-order valence-electron chi connectivity index (χ0n) is 8.80. The summed E-state index contributed by atoms with van der Waals surface area (Å²) in [4.78, 5) is 0. The Kier molecular flexibility index (Phi) is 9.24. The van der Waals surface area contributed by atoms with Crippen LogP contribution in [0.1, 0.15) is 0 Å². The van der Waals surface area contributed by atoms with Crippen LogP contribution in [0.3, 0.4) is 0 Å². The van der Waals surface area contributed by atoms with Crippen LogP contribution < -0.4 is 5.73 Å². The van der Waals surface area contributed by atoms with Crippen molar-refractivity contribution in [3.63, 3.8) is 0 Å². The summed E-state index contributed by atoms with van der Waals surface area (Å²) in [5.74, 6) is 0. The lowest BCUT2D eigenvalue weighted by Crippen LogP contribution is -1.89. The Morgan fingerprint density at radius 3 is 1.42 bits per heavy atom. The fraction of sp³-hybridized carbons (Fsp3) is 0. The highest BCUT2D eigenvalue weighted by Gasteiger charge is 1.93. The fourth-order valence-corrected chi connectivity index (χ4v) is 0.813. The smallest absolute Gasteiger partial charge is 0.394 e. The molecule has 112 valence electrons. The van der Waals surface area contributed by atoms with Gasteiger partial charge in [-0.3, -0.25) is 18.2 Å². The molecule has 0 amide bonds. The first-order valence-corrected chi connectivity index (χ1v) is 7.35. The molecule has 19 heavy (non-hydrogen) atoms. The molecule has 0 spiro atoms. The van der Waals surface area contributed by atoms with Crippen molar-refractivity contribution >= 4 is 49.7 Å². The highest BCUT2D eigenvalue weighted by Crippen LogP contribution is 2.21. The highest BCUT2D eigenvalue weighted by atomic mass is 35.5. The van der Waals surface area contributed by atoms with E-state index < -0.39 is 20.8 Å². The van der Waals surface area contributed by atoms with Crippen LogP contribution in [0, 0.1) is 0 Å². The lowest BCUT2D eigenvalue weighted by Gasteiger charge is -1.95. The number of anilines is 1. The van der Waals surface area contributed by atoms with Crippen LogP contribution in [0.2, 0.25) is 10.0 Å². The molecule has 0 heterocycles. The SMILES string of the molecule is Nc1cc(Cl)ccc1Cl.O=S(=O)(O)O.O=S(=O)(O)O. The van der Waals surface area contributed by atoms with Crippen molar-refractivity contribution in [3.8, 4) is 0 Å². The van der Waals surface area contributed by atoms with Crippen LogP contribution in [0.5, 0.6) is 0 Å². The molecule has 1 rings (SSSR count). The number of hydrogen-bond acceptors (Lipinski definition) is 5. The van der Waals surface area contributed by atoms with Crippen LogP contribution in [-0.4, -0.2) is 35.0 Å². The minimum Gasteiger partial charge on any atom is -0.397 e. The maximum absolute atomic E-state index is 8.74. The number of nitrogen functional groups attached to an aromatic ring is 1. The summed E-state index contributed by atoms with van der Waals surface area (Å²) in [6, 6.07) is 4.98. The molecular weight excluding hydrogens is 349 g/mol. The van der Waals surface area contributed by atoms with Gasteiger partial charge in [0, 0.05) is 5.02 Å². The Balaban J connectivity index is 0. The van der Waals surface area contributed by atoms with Gasteiger partial charge >= 0.3 is 20.8 Å². The third-order valence-corrected chi connectivity index (χ3v) is 1.54. The van der Waals surface area contributed by atoms with Gasteiger partial charge in [0.05, 0.1) is 10.7 Å². The maximum atomic E-state index is 8.74. The third-order valence-electron chi connectivity index (χ3n) is 0.958. The van der Waals surface area contributed by atoms with Crippen molar-refractivity contribution < 1.29 is 35.0 Å². The quantitative estimate of drug-likeness (QED) is 0.338. The second kappa shape index (κ2) is 8.50. The molecule has 0 radical (unpaired) electrons. The zero-order chi connectivity index (χ0) is 15.9. The van der Waals surface area contributed by atoms with Gasteiger partial charge in [0.1, 0.15) is 0 Å². The molecule has 0 aromatic heterocycles. The first kappa shape index (κ1) is 20.7. The van der Waals surface area contributed by atoms with E-state index in [9.17, 15) is 0 Å². The molecule has 13 heteroatoms. The molecule has 0 atom stereocenters. The minimum absolute atomic E-state index is 0.518. The van der Waals surface area contributed by atoms with Crippen LogP contribution in [0.15, 0.2) is 18.2 Å². The van der Waals surface area contributed by atoms with E-state index in [1.165, 1.54) is 0 Å². The van der Waals surface area contributed by atoms with Gasteiger partial charge in [0.15, 0.2) is 0 Å². The van der Waals surface area contributed by atoms with Crippen LogP contribution in [0.4, 0.5) is 5.69 Å². The Morgan fingerprint density at radius 1 is 0.895 bits per heavy atom. The molecule has 1 aromatic rings. The maximum Gasteiger partial charge on any atom is 0.394 e. The number of nitrogens with two attached hydrogens (primary N) is 1. The largest absolute Gasteiger partial charge is 0.397 e. The molecule has 0 saturated heterocycles. The molecule has 0 saturated carbocycles. The average molecular weight is 358 g/mol. The Labute approximate surface area is 119 Å². The predicted molar refractivity (Wildman–Crippen MR) is 69.2 cm³/mol. The van der Waals surface area contributed by atoms with Gasteiger partial charge in [-0.2, -0.15) is 16.8 Å². The van der Waals surface area contributed by atoms with E-state index in [1.54, 1.807) is 18.2 Å². The third kappa shape index (κ3) is 26.8. The summed E-state index contributed by atoms with van der Waals surface area (Å²) >= 11 is 11.2. The normalized spacial score (nSPS) is 10.6. The molecule has 0 aliphatic carbocycles. The van der Waals surface area contributed by atoms with Gasteiger partial charge < -0.3 is 5.73 Å². The minimum atomic E-state index is -4.67. The Morgan fingerprint density at radius 2 is 1.21 bits per heavy atom. The first-order chi connectivity index (χ1) is 8.20. The number of benzene rings is 1. The van der Waals surface area contributed by atoms with E-state index in [0.29, 0.717) is 15.7 Å². The number of halogens is 2. The Bertz CT molecular complexity index is 554. The van der Waals surface area contributed by atoms with Gasteiger partial charge in [0.2, 0.25) is 0 Å². The van der Waals surface area contributed by atoms with Gasteiger partial charge in [-0.1, -0.05) is 23.2 Å². The van der Waals surface area contributed by atoms with Crippen molar-refractivity contribution in [2.75, 3.05) is 5.73 Å². The summed E-state index contributed by atoms with van der Waals surface area (Å²) in [5.41, 5.74) is 5.92. The summed E-state index contributed by atoms with van der Waals surface area (Å²) in [6.07, 6.45) is 0. The summed E-state index contributed by atoms with van der Waals surface area (Å²) in [7, 11) is -9.33. The topological polar surface area (TPSA) is 175 Å². The monoisotopic (exact) mass is 357 g/mol. The molecule has 0 bridgehead atoms. The zero-order valence-corrected chi connectivity index (χ0v) is 11.9. The average Bonchev–Trinajstić information content (AvgIpc) is 2.06. The fourth-order valence-electron chi connectivity index (χ4n) is 0.515. The van der Waals surface area contributed by atoms with Crippen molar-refractivity contribution in [1.82, 2.24) is 0 Å². The molecule has 0 fully saturated rings. The lowest BCUT2D eigenvalue weighted by molar-refractivity contribution is 0.378. The van der Waals surface area contributed by atoms with Crippen molar-refractivity contribution in [3.05, 3.63) is 28.2 Å². The standard InChI is InChI=1S/C6H5Cl2N.2H2O4S/c7-4-1-2-5(8)6(9)3-4;2*1-5(2,3)4/h1-3H,9H2;2*(H2,1,2,3,4). The summed E-state index contributed by atoms with van der Waals surface area (Å²) < 4.78 is 63.2. The molecule has 0 aliphatic heterocycles. The second-order valence-corrected chi connectivity index (χ2v) is 5.20. The molecular formula is C6H9Cl2NO8S2. The van der Waals surface area contributed by atoms with Gasteiger partial charge in [-0.15, -0.1) is 0 Å². The van der Waals surface area contributed by atoms with Gasteiger partial charge in [-0.05, 0) is 18.2 Å². The number of hydrogen-bond donors (Lipinski definition) is 5. The summed E-state index contributed by atoms with van der Waals surface area (Å²) in [6.45, 7) is 0. The van der Waals surface area contributed by atoms with Crippen LogP contribution in [0.25, 0.3) is 0 Å². The molecule has 9 nitrogen and oxygen atoms in total. The van der Waals surface area contributed by atoms with Crippen molar-refractivity contribution in [2.45, 2.75) is 0 Å². The van der Waals surface area contributed by atoms with Gasteiger partial charge in [-0.25, -0.2) is 0 Å². The van der Waals surface area contributed by atoms with E-state index in [-0.39, 0.29) is 0 Å². The van der Waals surface area contributed by atoms with E-state index in [4.69, 9.17) is 64.0 Å². The van der Waals surface area contributed by atoms with E-state index in [1.807, 2.05) is 0 Å². The molecule has 1 aromatic carbocycles. The summed E-state index contributed by atoms with van der Waals surface area (Å²) in [5, 5.41) is 1.15. The number of rotatable bonds is 0. The van der Waals surface area contributed by atoms with E-state index in [0.717, 1.165) is 0 Å². The van der Waals surface area contributed by atoms with E-state index >= 15 is 0 Å². The van der Waals surface area contributed by atoms with E-state index in [2.05, 4.69) is 0 Å². The molecule has 6 N–H and O–H groups in total. The predicted octanol–water partition coefficient (Wildman–Crippen LogP) is 1.27. The molecule has 0 unspecified atom stereocenters. The Hall–Kier alpha value is -0.660.